The Labute approximate surface area is 138 Å². The molecule has 0 aliphatic carbocycles. The van der Waals surface area contributed by atoms with E-state index in [-0.39, 0.29) is 17.9 Å². The van der Waals surface area contributed by atoms with Gasteiger partial charge in [0.15, 0.2) is 0 Å². The van der Waals surface area contributed by atoms with Gasteiger partial charge in [-0.15, -0.1) is 0 Å². The highest BCUT2D eigenvalue weighted by molar-refractivity contribution is 5.78. The van der Waals surface area contributed by atoms with E-state index in [0.29, 0.717) is 25.6 Å². The summed E-state index contributed by atoms with van der Waals surface area (Å²) in [6.07, 6.45) is 2.44. The summed E-state index contributed by atoms with van der Waals surface area (Å²) in [6.45, 7) is 5.66. The van der Waals surface area contributed by atoms with Crippen molar-refractivity contribution in [1.82, 2.24) is 15.5 Å². The van der Waals surface area contributed by atoms with E-state index >= 15 is 0 Å². The van der Waals surface area contributed by atoms with Crippen molar-refractivity contribution in [3.63, 3.8) is 0 Å². The molecule has 5 nitrogen and oxygen atoms in total. The highest BCUT2D eigenvalue weighted by atomic mass is 16.2. The summed E-state index contributed by atoms with van der Waals surface area (Å²) in [5.74, 6) is 0.0132. The van der Waals surface area contributed by atoms with Crippen LogP contribution < -0.4 is 10.6 Å². The summed E-state index contributed by atoms with van der Waals surface area (Å²) in [5, 5.41) is 6.46. The van der Waals surface area contributed by atoms with Crippen LogP contribution in [0.2, 0.25) is 0 Å². The highest BCUT2D eigenvalue weighted by Crippen LogP contribution is 2.09. The van der Waals surface area contributed by atoms with Crippen LogP contribution in [0.3, 0.4) is 0 Å². The third-order valence-corrected chi connectivity index (χ3v) is 4.38. The summed E-state index contributed by atoms with van der Waals surface area (Å²) in [6, 6.07) is 10.3. The molecule has 0 radical (unpaired) electrons. The van der Waals surface area contributed by atoms with E-state index in [0.717, 1.165) is 24.9 Å². The number of hydrogen-bond acceptors (Lipinski definition) is 3. The van der Waals surface area contributed by atoms with Gasteiger partial charge in [0.05, 0.1) is 0 Å². The molecule has 1 aromatic carbocycles. The summed E-state index contributed by atoms with van der Waals surface area (Å²) in [7, 11) is 0. The first kappa shape index (κ1) is 17.5. The Balaban J connectivity index is 1.81. The quantitative estimate of drug-likeness (QED) is 0.839. The average Bonchev–Trinajstić information content (AvgIpc) is 2.54. The molecule has 0 bridgehead atoms. The van der Waals surface area contributed by atoms with Gasteiger partial charge in [0.2, 0.25) is 11.8 Å². The van der Waals surface area contributed by atoms with E-state index in [1.54, 1.807) is 11.8 Å². The lowest BCUT2D eigenvalue weighted by Gasteiger charge is -2.31. The van der Waals surface area contributed by atoms with Gasteiger partial charge in [-0.1, -0.05) is 30.3 Å². The maximum absolute atomic E-state index is 12.2. The van der Waals surface area contributed by atoms with E-state index < -0.39 is 0 Å². The number of piperidine rings is 1. The van der Waals surface area contributed by atoms with Crippen molar-refractivity contribution in [3.05, 3.63) is 35.9 Å². The molecule has 0 saturated carbocycles. The van der Waals surface area contributed by atoms with Crippen molar-refractivity contribution in [1.29, 1.82) is 0 Å². The van der Waals surface area contributed by atoms with Crippen LogP contribution in [0, 0.1) is 0 Å². The standard InChI is InChI=1S/C18H27N3O2/c1-14-17(9-6-11-19-14)20-18(23)10-12-21(15(2)22)13-16-7-4-3-5-8-16/h3-5,7-8,14,17,19H,6,9-13H2,1-2H3,(H,20,23). The fourth-order valence-corrected chi connectivity index (χ4v) is 2.91. The molecular formula is C18H27N3O2. The number of nitrogens with one attached hydrogen (secondary N) is 2. The Morgan fingerprint density at radius 2 is 2.04 bits per heavy atom. The third kappa shape index (κ3) is 5.67. The largest absolute Gasteiger partial charge is 0.352 e. The smallest absolute Gasteiger partial charge is 0.222 e. The van der Waals surface area contributed by atoms with E-state index in [1.165, 1.54) is 0 Å². The molecule has 1 aromatic rings. The zero-order chi connectivity index (χ0) is 16.7. The molecular weight excluding hydrogens is 290 g/mol. The average molecular weight is 317 g/mol. The lowest BCUT2D eigenvalue weighted by atomic mass is 10.00. The summed E-state index contributed by atoms with van der Waals surface area (Å²) >= 11 is 0. The lowest BCUT2D eigenvalue weighted by molar-refractivity contribution is -0.130. The van der Waals surface area contributed by atoms with Crippen LogP contribution in [0.15, 0.2) is 30.3 Å². The van der Waals surface area contributed by atoms with E-state index in [4.69, 9.17) is 0 Å². The number of hydrogen-bond donors (Lipinski definition) is 2. The summed E-state index contributed by atoms with van der Waals surface area (Å²) < 4.78 is 0. The van der Waals surface area contributed by atoms with Gasteiger partial charge in [-0.25, -0.2) is 0 Å². The van der Waals surface area contributed by atoms with Gasteiger partial charge in [-0.2, -0.15) is 0 Å². The lowest BCUT2D eigenvalue weighted by Crippen LogP contribution is -2.52. The Bertz CT molecular complexity index is 518. The number of carbonyl (C=O) groups excluding carboxylic acids is 2. The zero-order valence-corrected chi connectivity index (χ0v) is 14.0. The van der Waals surface area contributed by atoms with Gasteiger partial charge in [-0.3, -0.25) is 9.59 Å². The second-order valence-corrected chi connectivity index (χ2v) is 6.24. The number of rotatable bonds is 6. The van der Waals surface area contributed by atoms with Crippen molar-refractivity contribution in [2.45, 2.75) is 51.7 Å². The molecule has 2 rings (SSSR count). The van der Waals surface area contributed by atoms with Crippen LogP contribution in [0.25, 0.3) is 0 Å². The molecule has 126 valence electrons. The number of carbonyl (C=O) groups is 2. The normalized spacial score (nSPS) is 20.8. The molecule has 2 atom stereocenters. The molecule has 1 fully saturated rings. The monoisotopic (exact) mass is 317 g/mol. The van der Waals surface area contributed by atoms with Crippen LogP contribution in [-0.4, -0.2) is 41.9 Å². The molecule has 2 unspecified atom stereocenters. The van der Waals surface area contributed by atoms with E-state index in [1.807, 2.05) is 30.3 Å². The molecule has 0 spiro atoms. The first-order valence-electron chi connectivity index (χ1n) is 8.38. The molecule has 1 heterocycles. The Hall–Kier alpha value is -1.88. The van der Waals surface area contributed by atoms with Crippen molar-refractivity contribution in [2.24, 2.45) is 0 Å². The van der Waals surface area contributed by atoms with Crippen LogP contribution >= 0.6 is 0 Å². The minimum Gasteiger partial charge on any atom is -0.352 e. The third-order valence-electron chi connectivity index (χ3n) is 4.38. The Morgan fingerprint density at radius 1 is 1.30 bits per heavy atom. The SMILES string of the molecule is CC(=O)N(CCC(=O)NC1CCCNC1C)Cc1ccccc1. The zero-order valence-electron chi connectivity index (χ0n) is 14.0. The molecule has 0 aromatic heterocycles. The van der Waals surface area contributed by atoms with Gasteiger partial charge >= 0.3 is 0 Å². The molecule has 1 aliphatic rings. The maximum Gasteiger partial charge on any atom is 0.222 e. The van der Waals surface area contributed by atoms with E-state index in [2.05, 4.69) is 17.6 Å². The van der Waals surface area contributed by atoms with Crippen LogP contribution in [0.5, 0.6) is 0 Å². The fourth-order valence-electron chi connectivity index (χ4n) is 2.91. The van der Waals surface area contributed by atoms with Crippen LogP contribution in [0.4, 0.5) is 0 Å². The second-order valence-electron chi connectivity index (χ2n) is 6.24. The summed E-state index contributed by atoms with van der Waals surface area (Å²) in [4.78, 5) is 25.7. The van der Waals surface area contributed by atoms with Gasteiger partial charge in [0, 0.05) is 38.5 Å². The van der Waals surface area contributed by atoms with E-state index in [9.17, 15) is 9.59 Å². The second kappa shape index (κ2) is 8.67. The molecule has 2 amide bonds. The molecule has 1 aliphatic heterocycles. The highest BCUT2D eigenvalue weighted by Gasteiger charge is 2.22. The first-order chi connectivity index (χ1) is 11.1. The van der Waals surface area contributed by atoms with Crippen LogP contribution in [-0.2, 0) is 16.1 Å². The van der Waals surface area contributed by atoms with Crippen molar-refractivity contribution < 1.29 is 9.59 Å². The molecule has 2 N–H and O–H groups in total. The Kier molecular flexibility index (Phi) is 6.59. The summed E-state index contributed by atoms with van der Waals surface area (Å²) in [5.41, 5.74) is 1.08. The predicted molar refractivity (Wildman–Crippen MR) is 90.8 cm³/mol. The number of amides is 2. The van der Waals surface area contributed by atoms with Gasteiger partial charge < -0.3 is 15.5 Å². The minimum absolute atomic E-state index is 0.00523. The topological polar surface area (TPSA) is 61.4 Å². The van der Waals surface area contributed by atoms with Crippen LogP contribution in [0.1, 0.15) is 38.7 Å². The molecule has 1 saturated heterocycles. The predicted octanol–water partition coefficient (Wildman–Crippen LogP) is 1.68. The van der Waals surface area contributed by atoms with Gasteiger partial charge in [0.1, 0.15) is 0 Å². The van der Waals surface area contributed by atoms with Gasteiger partial charge in [-0.05, 0) is 31.9 Å². The van der Waals surface area contributed by atoms with Crippen molar-refractivity contribution in [3.8, 4) is 0 Å². The van der Waals surface area contributed by atoms with Crippen molar-refractivity contribution >= 4 is 11.8 Å². The molecule has 5 heteroatoms. The number of nitrogens with zero attached hydrogens (tertiary/aromatic N) is 1. The number of benzene rings is 1. The molecule has 23 heavy (non-hydrogen) atoms. The first-order valence-corrected chi connectivity index (χ1v) is 8.38. The van der Waals surface area contributed by atoms with Gasteiger partial charge in [0.25, 0.3) is 0 Å². The van der Waals surface area contributed by atoms with Crippen molar-refractivity contribution in [2.75, 3.05) is 13.1 Å². The minimum atomic E-state index is -0.00523. The Morgan fingerprint density at radius 3 is 2.70 bits per heavy atom. The fraction of sp³-hybridized carbons (Fsp3) is 0.556. The maximum atomic E-state index is 12.2.